The van der Waals surface area contributed by atoms with Crippen molar-refractivity contribution in [2.24, 2.45) is 0 Å². The summed E-state index contributed by atoms with van der Waals surface area (Å²) in [5.41, 5.74) is 5.65. The molecule has 92 heavy (non-hydrogen) atoms. The minimum atomic E-state index is -1.62. The molecule has 394 valence electrons. The lowest BCUT2D eigenvalue weighted by molar-refractivity contribution is -0.436. The largest absolute Gasteiger partial charge is 0.442 e. The molecule has 7 atom stereocenters. The summed E-state index contributed by atoms with van der Waals surface area (Å²) in [5.74, 6) is -0.302. The zero-order chi connectivity index (χ0) is 55.5. The second-order valence-electron chi connectivity index (χ2n) is 32.5. The van der Waals surface area contributed by atoms with Gasteiger partial charge in [-0.05, 0) is 321 Å². The van der Waals surface area contributed by atoms with E-state index in [0.29, 0.717) is 11.3 Å². The Morgan fingerprint density at radius 2 is 0.641 bits per heavy atom. The smallest absolute Gasteiger partial charge is 0.339 e. The molecule has 7 unspecified atom stereocenters. The van der Waals surface area contributed by atoms with Gasteiger partial charge in [-0.25, -0.2) is 24.5 Å². The summed E-state index contributed by atoms with van der Waals surface area (Å²) < 4.78 is 17.9. The summed E-state index contributed by atoms with van der Waals surface area (Å²) in [6.45, 7) is 0.158. The number of hydrogen-bond donors (Lipinski definition) is 0. The van der Waals surface area contributed by atoms with Gasteiger partial charge in [-0.15, -0.1) is 0 Å². The zero-order valence-electron chi connectivity index (χ0n) is 46.6. The van der Waals surface area contributed by atoms with E-state index in [9.17, 15) is 4.74 Å². The van der Waals surface area contributed by atoms with Crippen molar-refractivity contribution in [3.05, 3.63) is 140 Å². The summed E-state index contributed by atoms with van der Waals surface area (Å²) in [6, 6.07) is 26.5. The third-order valence-corrected chi connectivity index (χ3v) is 32.3. The van der Waals surface area contributed by atoms with Crippen molar-refractivity contribution in [3.63, 3.8) is 0 Å². The van der Waals surface area contributed by atoms with Crippen molar-refractivity contribution < 1.29 is 24.0 Å². The van der Waals surface area contributed by atoms with E-state index in [-0.39, 0.29) is 12.6 Å². The average Bonchev–Trinajstić information content (AvgIpc) is 1.34. The van der Waals surface area contributed by atoms with E-state index in [1.165, 1.54) is 265 Å². The Kier molecular flexibility index (Phi) is 3.27. The maximum Gasteiger partial charge on any atom is 0.339 e. The lowest BCUT2D eigenvalue weighted by Gasteiger charge is -2.75. The molecule has 1 aromatic heterocycles. The van der Waals surface area contributed by atoms with Crippen LogP contribution in [0.1, 0.15) is 71.8 Å². The molecule has 8 aliphatic carbocycles. The third kappa shape index (κ3) is 1.92. The molecule has 2 bridgehead atoms. The molecule has 4 aliphatic heterocycles. The third-order valence-electron chi connectivity index (χ3n) is 32.3. The number of fused-ring (bicyclic) bond motifs is 5. The van der Waals surface area contributed by atoms with Crippen LogP contribution < -0.4 is 0 Å². The number of esters is 1. The number of carbonyl (C=O) groups is 1. The number of para-hydroxylation sites is 2. The van der Waals surface area contributed by atoms with Crippen molar-refractivity contribution in [1.82, 2.24) is 9.97 Å². The number of rotatable bonds is 0. The Morgan fingerprint density at radius 1 is 0.293 bits per heavy atom. The first-order valence-corrected chi connectivity index (χ1v) is 33.4. The van der Waals surface area contributed by atoms with Crippen molar-refractivity contribution >= 4 is 286 Å². The van der Waals surface area contributed by atoms with E-state index in [4.69, 9.17) is 24.5 Å². The highest BCUT2D eigenvalue weighted by molar-refractivity contribution is 6.81. The number of aromatic nitrogens is 2. The van der Waals surface area contributed by atoms with Gasteiger partial charge in [0.2, 0.25) is 0 Å². The van der Waals surface area contributed by atoms with Crippen molar-refractivity contribution in [2.45, 2.75) is 38.6 Å². The molecule has 7 spiro atoms. The fourth-order valence-corrected chi connectivity index (χ4v) is 32.4. The molecule has 2 fully saturated rings. The molecule has 0 N–H and O–H groups in total. The summed E-state index contributed by atoms with van der Waals surface area (Å²) in [5, 5.41) is 74.1. The molecule has 7 nitrogen and oxygen atoms in total. The number of nitrogens with zero attached hydrogens (tertiary/aromatic N) is 2. The molecule has 7 heteroatoms. The Balaban J connectivity index is 1.02. The first kappa shape index (κ1) is 36.1. The number of ether oxygens (including phenoxy) is 2. The quantitative estimate of drug-likeness (QED) is 0.0850. The molecule has 0 saturated carbocycles. The molecule has 5 heterocycles. The highest BCUT2D eigenvalue weighted by Gasteiger charge is 3.05. The van der Waals surface area contributed by atoms with Gasteiger partial charge in [0.25, 0.3) is 0 Å². The second kappa shape index (κ2) is 8.34. The van der Waals surface area contributed by atoms with Gasteiger partial charge in [-0.2, -0.15) is 0 Å². The second-order valence-corrected chi connectivity index (χ2v) is 32.5. The molecule has 0 amide bonds. The standard InChI is InChI=1S/C85H14N2O5/c88-78-14-7-1-2-8-15(14)81(90-78)76-77(87-19-12-6-5-11-18(19)86-76)82-17-10-4-3-9-16(17)79(91-82)13-89-92-83-71-63-54-44-35-27-21-20-22-24-25-23(21)31(35)38-40-33(25)36-32(24)39-37-30(22)34-26(20)28-29(27)42-45-41(28)46-43(34)53-49(37)57-51(39)56-48(36)55-52(40)58(50(38)54)69(71)72-66(55)67(56)73-68(57)70-62(53)59(46)64-61(45)65(60(63)47(42)44)75(83)74(64)80(70,81)85(73,82)84(72,79)83/h1-12H,13H2. The van der Waals surface area contributed by atoms with Crippen LogP contribution >= 0.6 is 0 Å². The minimum absolute atomic E-state index is 0.158. The highest BCUT2D eigenvalue weighted by Crippen LogP contribution is 3.01. The summed E-state index contributed by atoms with van der Waals surface area (Å²) in [6.07, 6.45) is 0. The molecule has 0 radical (unpaired) electrons. The lowest BCUT2D eigenvalue weighted by atomic mass is 9.24. The number of hydrogen-bond acceptors (Lipinski definition) is 7. The van der Waals surface area contributed by atoms with E-state index < -0.39 is 38.6 Å². The SMILES string of the molecule is O=C1OC2(c3ccccc31)c1nc3ccccc3nc1C13OC4(COOC56c7c8c9c%10c%11c%12c%13c%14c%15c%16c(c%17c5c5c%18c7c9c7c9c%18c%18c5c5c%17c%17c%16c%16c%15c%15c%13c%13c%11c%11c%10c7c7c9c9c%18c%10c5c%17c5c%16c%16c%15c%13c%13c%11c7c7c%13c%16c5c%10c97)C46C%141C8%122)c1ccccc13. The van der Waals surface area contributed by atoms with Crippen LogP contribution in [0.15, 0.2) is 72.8 Å². The first-order chi connectivity index (χ1) is 45.7. The molecule has 12 aliphatic rings. The van der Waals surface area contributed by atoms with Crippen molar-refractivity contribution in [1.29, 1.82) is 0 Å². The number of carbonyl (C=O) groups excluding carboxylic acids is 1. The Hall–Kier alpha value is -10.9. The predicted molar refractivity (Wildman–Crippen MR) is 358 cm³/mol. The van der Waals surface area contributed by atoms with Crippen LogP contribution in [-0.2, 0) is 57.9 Å². The van der Waals surface area contributed by atoms with Crippen LogP contribution in [-0.4, -0.2) is 22.5 Å². The van der Waals surface area contributed by atoms with Gasteiger partial charge in [0.05, 0.1) is 32.8 Å². The Labute approximate surface area is 502 Å². The minimum Gasteiger partial charge on any atom is -0.442 e. The average molecular weight is 1140 g/mol. The first-order valence-electron chi connectivity index (χ1n) is 33.4. The maximum atomic E-state index is 16.7. The van der Waals surface area contributed by atoms with Crippen LogP contribution in [0, 0.1) is 0 Å². The lowest BCUT2D eigenvalue weighted by Crippen LogP contribution is -2.85. The summed E-state index contributed by atoms with van der Waals surface area (Å²) in [4.78, 5) is 45.6. The Morgan fingerprint density at radius 3 is 1.14 bits per heavy atom. The van der Waals surface area contributed by atoms with Gasteiger partial charge < -0.3 is 9.47 Å². The van der Waals surface area contributed by atoms with E-state index in [1.807, 2.05) is 0 Å². The normalized spacial score (nSPS) is 30.0. The van der Waals surface area contributed by atoms with Crippen LogP contribution in [0.5, 0.6) is 0 Å². The molecule has 2 saturated heterocycles. The topological polar surface area (TPSA) is 79.8 Å². The fraction of sp³-hybridized carbons (Fsp3) is 0.0941. The molecular weight excluding hydrogens is 1130 g/mol. The van der Waals surface area contributed by atoms with E-state index >= 15 is 4.79 Å². The predicted octanol–water partition coefficient (Wildman–Crippen LogP) is 18.7. The fourth-order valence-electron chi connectivity index (χ4n) is 32.4. The molecule has 42 rings (SSSR count). The zero-order valence-corrected chi connectivity index (χ0v) is 46.6. The van der Waals surface area contributed by atoms with Crippen LogP contribution in [0.25, 0.3) is 280 Å². The monoisotopic (exact) mass is 1140 g/mol. The van der Waals surface area contributed by atoms with Gasteiger partial charge in [-0.1, -0.05) is 54.6 Å². The van der Waals surface area contributed by atoms with Gasteiger partial charge in [-0.3, -0.25) is 0 Å². The molecule has 30 aromatic rings. The van der Waals surface area contributed by atoms with Crippen molar-refractivity contribution in [3.8, 4) is 0 Å². The van der Waals surface area contributed by atoms with Crippen LogP contribution in [0.3, 0.4) is 0 Å². The van der Waals surface area contributed by atoms with Gasteiger partial charge in [0, 0.05) is 16.7 Å². The maximum absolute atomic E-state index is 16.7. The van der Waals surface area contributed by atoms with E-state index in [0.717, 1.165) is 33.4 Å². The molecular formula is C85H14N2O5. The number of benzene rings is 19. The Bertz CT molecular complexity index is 9330. The summed E-state index contributed by atoms with van der Waals surface area (Å²) in [7, 11) is 0. The van der Waals surface area contributed by atoms with E-state index in [2.05, 4.69) is 72.8 Å². The van der Waals surface area contributed by atoms with Gasteiger partial charge in [0.15, 0.2) is 16.8 Å². The van der Waals surface area contributed by atoms with Gasteiger partial charge >= 0.3 is 5.97 Å². The summed E-state index contributed by atoms with van der Waals surface area (Å²) >= 11 is 0. The van der Waals surface area contributed by atoms with Crippen LogP contribution in [0.4, 0.5) is 0 Å². The van der Waals surface area contributed by atoms with Crippen molar-refractivity contribution in [2.75, 3.05) is 6.61 Å². The van der Waals surface area contributed by atoms with Gasteiger partial charge in [0.1, 0.15) is 23.6 Å². The van der Waals surface area contributed by atoms with Crippen LogP contribution in [0.2, 0.25) is 0 Å². The van der Waals surface area contributed by atoms with E-state index in [1.54, 1.807) is 37.7 Å². The highest BCUT2D eigenvalue weighted by atomic mass is 17.2. The molecule has 29 aromatic carbocycles.